The standard InChI is InChI=1S/C19H20BrNO3/c1-23-16-5-7-17(8-6-16)24-12-2-11-21-18-9-4-15(20)13-14(18)3-10-19(21)22/h4-9,13H,2-3,10-12H2,1H3. The molecule has 0 fully saturated rings. The van der Waals surface area contributed by atoms with E-state index in [9.17, 15) is 4.79 Å². The van der Waals surface area contributed by atoms with Crippen LogP contribution in [0, 0.1) is 0 Å². The Bertz CT molecular complexity index is 715. The van der Waals surface area contributed by atoms with Crippen molar-refractivity contribution in [3.63, 3.8) is 0 Å². The normalized spacial score (nSPS) is 13.6. The molecule has 0 saturated heterocycles. The quantitative estimate of drug-likeness (QED) is 0.694. The molecule has 126 valence electrons. The van der Waals surface area contributed by atoms with Gasteiger partial charge in [0.15, 0.2) is 0 Å². The van der Waals surface area contributed by atoms with Crippen LogP contribution in [0.4, 0.5) is 5.69 Å². The Morgan fingerprint density at radius 2 is 1.83 bits per heavy atom. The van der Waals surface area contributed by atoms with Crippen LogP contribution < -0.4 is 14.4 Å². The van der Waals surface area contributed by atoms with Crippen molar-refractivity contribution in [2.24, 2.45) is 0 Å². The zero-order chi connectivity index (χ0) is 16.9. The van der Waals surface area contributed by atoms with E-state index in [1.807, 2.05) is 41.3 Å². The van der Waals surface area contributed by atoms with Crippen molar-refractivity contribution in [1.82, 2.24) is 0 Å². The fourth-order valence-electron chi connectivity index (χ4n) is 2.86. The minimum Gasteiger partial charge on any atom is -0.497 e. The molecule has 1 aliphatic rings. The number of rotatable bonds is 6. The maximum atomic E-state index is 12.2. The van der Waals surface area contributed by atoms with Crippen LogP contribution >= 0.6 is 15.9 Å². The van der Waals surface area contributed by atoms with Gasteiger partial charge in [0.2, 0.25) is 5.91 Å². The van der Waals surface area contributed by atoms with Crippen molar-refractivity contribution in [3.05, 3.63) is 52.5 Å². The Morgan fingerprint density at radius 1 is 1.08 bits per heavy atom. The Hall–Kier alpha value is -2.01. The van der Waals surface area contributed by atoms with Gasteiger partial charge in [-0.25, -0.2) is 0 Å². The molecule has 5 heteroatoms. The molecular formula is C19H20BrNO3. The van der Waals surface area contributed by atoms with Gasteiger partial charge in [-0.15, -0.1) is 0 Å². The van der Waals surface area contributed by atoms with E-state index in [2.05, 4.69) is 22.0 Å². The van der Waals surface area contributed by atoms with E-state index < -0.39 is 0 Å². The Kier molecular flexibility index (Phi) is 5.41. The molecule has 2 aromatic carbocycles. The van der Waals surface area contributed by atoms with E-state index in [1.165, 1.54) is 5.56 Å². The topological polar surface area (TPSA) is 38.8 Å². The third kappa shape index (κ3) is 3.90. The van der Waals surface area contributed by atoms with Crippen molar-refractivity contribution in [3.8, 4) is 11.5 Å². The van der Waals surface area contributed by atoms with Crippen molar-refractivity contribution in [2.45, 2.75) is 19.3 Å². The molecule has 0 N–H and O–H groups in total. The smallest absolute Gasteiger partial charge is 0.227 e. The Labute approximate surface area is 150 Å². The number of methoxy groups -OCH3 is 1. The summed E-state index contributed by atoms with van der Waals surface area (Å²) in [7, 11) is 1.64. The van der Waals surface area contributed by atoms with Crippen LogP contribution in [0.25, 0.3) is 0 Å². The van der Waals surface area contributed by atoms with E-state index in [0.717, 1.165) is 34.5 Å². The molecule has 24 heavy (non-hydrogen) atoms. The summed E-state index contributed by atoms with van der Waals surface area (Å²) >= 11 is 3.49. The van der Waals surface area contributed by atoms with E-state index in [4.69, 9.17) is 9.47 Å². The second kappa shape index (κ2) is 7.71. The molecule has 3 rings (SSSR count). The number of fused-ring (bicyclic) bond motifs is 1. The summed E-state index contributed by atoms with van der Waals surface area (Å²) in [6.45, 7) is 1.24. The first-order valence-corrected chi connectivity index (χ1v) is 8.82. The molecule has 0 spiro atoms. The fourth-order valence-corrected chi connectivity index (χ4v) is 3.27. The van der Waals surface area contributed by atoms with Crippen LogP contribution in [0.1, 0.15) is 18.4 Å². The van der Waals surface area contributed by atoms with E-state index in [0.29, 0.717) is 19.6 Å². The number of hydrogen-bond donors (Lipinski definition) is 0. The summed E-state index contributed by atoms with van der Waals surface area (Å²) in [5.74, 6) is 1.81. The molecule has 2 aromatic rings. The number of halogens is 1. The molecule has 0 aliphatic carbocycles. The Balaban J connectivity index is 1.55. The molecule has 0 bridgehead atoms. The summed E-state index contributed by atoms with van der Waals surface area (Å²) in [6.07, 6.45) is 2.17. The van der Waals surface area contributed by atoms with Crippen molar-refractivity contribution in [1.29, 1.82) is 0 Å². The van der Waals surface area contributed by atoms with Gasteiger partial charge in [0.25, 0.3) is 0 Å². The summed E-state index contributed by atoms with van der Waals surface area (Å²) in [4.78, 5) is 14.1. The zero-order valence-electron chi connectivity index (χ0n) is 13.6. The first-order chi connectivity index (χ1) is 11.7. The van der Waals surface area contributed by atoms with Gasteiger partial charge in [-0.05, 0) is 60.9 Å². The SMILES string of the molecule is COc1ccc(OCCCN2C(=O)CCc3cc(Br)ccc32)cc1. The first-order valence-electron chi connectivity index (χ1n) is 8.03. The van der Waals surface area contributed by atoms with Crippen molar-refractivity contribution in [2.75, 3.05) is 25.2 Å². The van der Waals surface area contributed by atoms with Crippen LogP contribution in [-0.2, 0) is 11.2 Å². The highest BCUT2D eigenvalue weighted by molar-refractivity contribution is 9.10. The number of aryl methyl sites for hydroxylation is 1. The lowest BCUT2D eigenvalue weighted by Gasteiger charge is -2.29. The average molecular weight is 390 g/mol. The number of anilines is 1. The van der Waals surface area contributed by atoms with Gasteiger partial charge in [0.05, 0.1) is 13.7 Å². The number of carbonyl (C=O) groups is 1. The fraction of sp³-hybridized carbons (Fsp3) is 0.316. The molecule has 0 atom stereocenters. The molecule has 1 aliphatic heterocycles. The lowest BCUT2D eigenvalue weighted by molar-refractivity contribution is -0.118. The highest BCUT2D eigenvalue weighted by Gasteiger charge is 2.23. The lowest BCUT2D eigenvalue weighted by atomic mass is 10.0. The minimum absolute atomic E-state index is 0.189. The first kappa shape index (κ1) is 16.8. The lowest BCUT2D eigenvalue weighted by Crippen LogP contribution is -2.36. The largest absolute Gasteiger partial charge is 0.497 e. The highest BCUT2D eigenvalue weighted by atomic mass is 79.9. The number of amides is 1. The van der Waals surface area contributed by atoms with Gasteiger partial charge in [0, 0.05) is 23.1 Å². The number of hydrogen-bond acceptors (Lipinski definition) is 3. The molecule has 0 aromatic heterocycles. The average Bonchev–Trinajstić information content (AvgIpc) is 2.60. The molecular weight excluding hydrogens is 370 g/mol. The predicted octanol–water partition coefficient (Wildman–Crippen LogP) is 4.21. The van der Waals surface area contributed by atoms with Gasteiger partial charge in [-0.2, -0.15) is 0 Å². The second-order valence-electron chi connectivity index (χ2n) is 5.70. The van der Waals surface area contributed by atoms with Gasteiger partial charge >= 0.3 is 0 Å². The molecule has 0 unspecified atom stereocenters. The summed E-state index contributed by atoms with van der Waals surface area (Å²) in [6, 6.07) is 13.6. The third-order valence-corrected chi connectivity index (χ3v) is 4.59. The van der Waals surface area contributed by atoms with Gasteiger partial charge < -0.3 is 14.4 Å². The highest BCUT2D eigenvalue weighted by Crippen LogP contribution is 2.30. The maximum absolute atomic E-state index is 12.2. The molecule has 1 heterocycles. The van der Waals surface area contributed by atoms with Crippen LogP contribution in [0.2, 0.25) is 0 Å². The predicted molar refractivity (Wildman–Crippen MR) is 97.9 cm³/mol. The number of benzene rings is 2. The van der Waals surface area contributed by atoms with E-state index in [-0.39, 0.29) is 5.91 Å². The molecule has 0 radical (unpaired) electrons. The van der Waals surface area contributed by atoms with E-state index in [1.54, 1.807) is 7.11 Å². The van der Waals surface area contributed by atoms with Crippen molar-refractivity contribution < 1.29 is 14.3 Å². The van der Waals surface area contributed by atoms with Crippen LogP contribution in [0.3, 0.4) is 0 Å². The number of carbonyl (C=O) groups excluding carboxylic acids is 1. The second-order valence-corrected chi connectivity index (χ2v) is 6.61. The number of nitrogens with zero attached hydrogens (tertiary/aromatic N) is 1. The maximum Gasteiger partial charge on any atom is 0.227 e. The zero-order valence-corrected chi connectivity index (χ0v) is 15.2. The van der Waals surface area contributed by atoms with Gasteiger partial charge in [-0.1, -0.05) is 15.9 Å². The summed E-state index contributed by atoms with van der Waals surface area (Å²) in [5.41, 5.74) is 2.25. The molecule has 0 saturated carbocycles. The number of ether oxygens (including phenoxy) is 2. The third-order valence-electron chi connectivity index (χ3n) is 4.10. The Morgan fingerprint density at radius 3 is 2.58 bits per heavy atom. The summed E-state index contributed by atoms with van der Waals surface area (Å²) in [5, 5.41) is 0. The minimum atomic E-state index is 0.189. The van der Waals surface area contributed by atoms with Gasteiger partial charge in [-0.3, -0.25) is 4.79 Å². The van der Waals surface area contributed by atoms with E-state index >= 15 is 0 Å². The van der Waals surface area contributed by atoms with Crippen molar-refractivity contribution >= 4 is 27.5 Å². The molecule has 1 amide bonds. The van der Waals surface area contributed by atoms with Crippen LogP contribution in [-0.4, -0.2) is 26.2 Å². The van der Waals surface area contributed by atoms with Crippen LogP contribution in [0.15, 0.2) is 46.9 Å². The molecule has 4 nitrogen and oxygen atoms in total. The van der Waals surface area contributed by atoms with Crippen LogP contribution in [0.5, 0.6) is 11.5 Å². The monoisotopic (exact) mass is 389 g/mol. The van der Waals surface area contributed by atoms with Gasteiger partial charge in [0.1, 0.15) is 11.5 Å². The summed E-state index contributed by atoms with van der Waals surface area (Å²) < 4.78 is 11.9.